The Labute approximate surface area is 128 Å². The molecule has 3 N–H and O–H groups in total. The predicted molar refractivity (Wildman–Crippen MR) is 80.8 cm³/mol. The minimum Gasteiger partial charge on any atom is -0.390 e. The van der Waals surface area contributed by atoms with Crippen molar-refractivity contribution < 1.29 is 15.0 Å². The molecular formula is C16H19N3O3. The Bertz CT molecular complexity index is 669. The molecule has 0 saturated heterocycles. The van der Waals surface area contributed by atoms with Gasteiger partial charge in [-0.1, -0.05) is 18.2 Å². The summed E-state index contributed by atoms with van der Waals surface area (Å²) in [6.07, 6.45) is -0.633. The zero-order valence-electron chi connectivity index (χ0n) is 12.3. The van der Waals surface area contributed by atoms with Crippen LogP contribution in [0, 0.1) is 6.92 Å². The number of aliphatic hydroxyl groups is 2. The van der Waals surface area contributed by atoms with Crippen LogP contribution in [0.2, 0.25) is 0 Å². The van der Waals surface area contributed by atoms with Crippen LogP contribution in [0.15, 0.2) is 36.4 Å². The van der Waals surface area contributed by atoms with E-state index in [1.165, 1.54) is 0 Å². The summed E-state index contributed by atoms with van der Waals surface area (Å²) in [4.78, 5) is 12.3. The largest absolute Gasteiger partial charge is 0.390 e. The molecule has 1 saturated carbocycles. The van der Waals surface area contributed by atoms with Crippen molar-refractivity contribution >= 4 is 5.91 Å². The molecule has 0 bridgehead atoms. The molecule has 6 heteroatoms. The first-order valence-electron chi connectivity index (χ1n) is 7.35. The number of hydrogen-bond donors (Lipinski definition) is 3. The molecule has 0 radical (unpaired) electrons. The highest BCUT2D eigenvalue weighted by Crippen LogP contribution is 2.20. The molecule has 3 atom stereocenters. The van der Waals surface area contributed by atoms with E-state index in [4.69, 9.17) is 0 Å². The van der Waals surface area contributed by atoms with Gasteiger partial charge in [0, 0.05) is 5.69 Å². The Morgan fingerprint density at radius 2 is 2.00 bits per heavy atom. The molecular weight excluding hydrogens is 282 g/mol. The molecule has 0 unspecified atom stereocenters. The molecule has 3 rings (SSSR count). The van der Waals surface area contributed by atoms with Crippen molar-refractivity contribution in [2.45, 2.75) is 38.0 Å². The Morgan fingerprint density at radius 3 is 2.64 bits per heavy atom. The van der Waals surface area contributed by atoms with Gasteiger partial charge in [-0.15, -0.1) is 0 Å². The van der Waals surface area contributed by atoms with Crippen LogP contribution < -0.4 is 5.32 Å². The second-order valence-electron chi connectivity index (χ2n) is 5.63. The van der Waals surface area contributed by atoms with Gasteiger partial charge in [0.05, 0.1) is 17.8 Å². The predicted octanol–water partition coefficient (Wildman–Crippen LogP) is 0.795. The fraction of sp³-hybridized carbons (Fsp3) is 0.375. The maximum Gasteiger partial charge on any atom is 0.272 e. The molecule has 6 nitrogen and oxygen atoms in total. The zero-order chi connectivity index (χ0) is 15.7. The average molecular weight is 301 g/mol. The Balaban J connectivity index is 1.77. The molecule has 1 aliphatic carbocycles. The number of nitrogens with zero attached hydrogens (tertiary/aromatic N) is 2. The van der Waals surface area contributed by atoms with Crippen molar-refractivity contribution in [2.75, 3.05) is 0 Å². The van der Waals surface area contributed by atoms with Crippen molar-refractivity contribution in [3.05, 3.63) is 47.8 Å². The molecule has 1 heterocycles. The number of aliphatic hydroxyl groups excluding tert-OH is 2. The van der Waals surface area contributed by atoms with Gasteiger partial charge in [-0.2, -0.15) is 5.10 Å². The fourth-order valence-electron chi connectivity index (χ4n) is 2.78. The van der Waals surface area contributed by atoms with Gasteiger partial charge < -0.3 is 15.5 Å². The number of rotatable bonds is 3. The summed E-state index contributed by atoms with van der Waals surface area (Å²) >= 11 is 0. The topological polar surface area (TPSA) is 87.4 Å². The number of para-hydroxylation sites is 1. The Morgan fingerprint density at radius 1 is 1.27 bits per heavy atom. The minimum atomic E-state index is -0.916. The lowest BCUT2D eigenvalue weighted by molar-refractivity contribution is 0.0296. The average Bonchev–Trinajstić information content (AvgIpc) is 3.06. The van der Waals surface area contributed by atoms with Crippen molar-refractivity contribution in [2.24, 2.45) is 0 Å². The first-order valence-corrected chi connectivity index (χ1v) is 7.35. The molecule has 1 aliphatic rings. The fourth-order valence-corrected chi connectivity index (χ4v) is 2.78. The smallest absolute Gasteiger partial charge is 0.272 e. The number of carbonyl (C=O) groups is 1. The maximum atomic E-state index is 12.3. The SMILES string of the molecule is Cc1cc(C(=O)N[C@@H]2CC[C@@H](O)[C@@H]2O)nn1-c1ccccc1. The van der Waals surface area contributed by atoms with Crippen LogP contribution in [0.3, 0.4) is 0 Å². The first-order chi connectivity index (χ1) is 10.6. The molecule has 2 aromatic rings. The number of hydrogen-bond acceptors (Lipinski definition) is 4. The standard InChI is InChI=1S/C16H19N3O3/c1-10-9-13(18-19(10)11-5-3-2-4-6-11)16(22)17-12-7-8-14(20)15(12)21/h2-6,9,12,14-15,20-21H,7-8H2,1H3,(H,17,22)/t12-,14-,15-/m1/s1. The van der Waals surface area contributed by atoms with Gasteiger partial charge in [0.15, 0.2) is 5.69 Å². The normalized spacial score (nSPS) is 24.4. The molecule has 1 aromatic carbocycles. The number of aromatic nitrogens is 2. The summed E-state index contributed by atoms with van der Waals surface area (Å²) in [5.74, 6) is -0.337. The van der Waals surface area contributed by atoms with Crippen LogP contribution in [-0.2, 0) is 0 Å². The summed E-state index contributed by atoms with van der Waals surface area (Å²) in [6, 6.07) is 10.9. The third-order valence-corrected chi connectivity index (χ3v) is 4.02. The quantitative estimate of drug-likeness (QED) is 0.782. The number of nitrogens with one attached hydrogen (secondary N) is 1. The molecule has 1 fully saturated rings. The second-order valence-corrected chi connectivity index (χ2v) is 5.63. The van der Waals surface area contributed by atoms with E-state index < -0.39 is 18.2 Å². The van der Waals surface area contributed by atoms with Gasteiger partial charge in [-0.3, -0.25) is 4.79 Å². The summed E-state index contributed by atoms with van der Waals surface area (Å²) in [5.41, 5.74) is 2.04. The summed E-state index contributed by atoms with van der Waals surface area (Å²) < 4.78 is 1.70. The number of carbonyl (C=O) groups excluding carboxylic acids is 1. The third-order valence-electron chi connectivity index (χ3n) is 4.02. The van der Waals surface area contributed by atoms with Gasteiger partial charge in [0.1, 0.15) is 6.10 Å². The maximum absolute atomic E-state index is 12.3. The van der Waals surface area contributed by atoms with Crippen LogP contribution in [0.25, 0.3) is 5.69 Å². The van der Waals surface area contributed by atoms with Gasteiger partial charge >= 0.3 is 0 Å². The monoisotopic (exact) mass is 301 g/mol. The highest BCUT2D eigenvalue weighted by atomic mass is 16.3. The molecule has 116 valence electrons. The summed E-state index contributed by atoms with van der Waals surface area (Å²) in [6.45, 7) is 1.88. The van der Waals surface area contributed by atoms with Gasteiger partial charge in [0.25, 0.3) is 5.91 Å². The molecule has 1 aromatic heterocycles. The summed E-state index contributed by atoms with van der Waals surface area (Å²) in [7, 11) is 0. The van der Waals surface area contributed by atoms with E-state index in [2.05, 4.69) is 10.4 Å². The zero-order valence-corrected chi connectivity index (χ0v) is 12.3. The van der Waals surface area contributed by atoms with Crippen molar-refractivity contribution in [3.8, 4) is 5.69 Å². The van der Waals surface area contributed by atoms with E-state index in [0.717, 1.165) is 11.4 Å². The van der Waals surface area contributed by atoms with E-state index in [0.29, 0.717) is 18.5 Å². The van der Waals surface area contributed by atoms with Crippen molar-refractivity contribution in [3.63, 3.8) is 0 Å². The lowest BCUT2D eigenvalue weighted by Gasteiger charge is -2.17. The second kappa shape index (κ2) is 5.90. The molecule has 0 aliphatic heterocycles. The van der Waals surface area contributed by atoms with Crippen LogP contribution in [0.1, 0.15) is 29.0 Å². The summed E-state index contributed by atoms with van der Waals surface area (Å²) in [5, 5.41) is 26.4. The van der Waals surface area contributed by atoms with Crippen molar-refractivity contribution in [1.82, 2.24) is 15.1 Å². The van der Waals surface area contributed by atoms with E-state index in [1.54, 1.807) is 10.7 Å². The minimum absolute atomic E-state index is 0.301. The highest BCUT2D eigenvalue weighted by molar-refractivity contribution is 5.92. The highest BCUT2D eigenvalue weighted by Gasteiger charge is 2.34. The molecule has 0 spiro atoms. The number of amides is 1. The van der Waals surface area contributed by atoms with Crippen LogP contribution in [-0.4, -0.2) is 44.2 Å². The number of aryl methyl sites for hydroxylation is 1. The van der Waals surface area contributed by atoms with Crippen LogP contribution in [0.5, 0.6) is 0 Å². The van der Waals surface area contributed by atoms with Gasteiger partial charge in [-0.05, 0) is 38.0 Å². The first kappa shape index (κ1) is 14.7. The van der Waals surface area contributed by atoms with Crippen molar-refractivity contribution in [1.29, 1.82) is 0 Å². The Hall–Kier alpha value is -2.18. The van der Waals surface area contributed by atoms with E-state index >= 15 is 0 Å². The third kappa shape index (κ3) is 2.75. The lowest BCUT2D eigenvalue weighted by Crippen LogP contribution is -2.43. The van der Waals surface area contributed by atoms with E-state index in [-0.39, 0.29) is 5.91 Å². The van der Waals surface area contributed by atoms with E-state index in [9.17, 15) is 15.0 Å². The van der Waals surface area contributed by atoms with Gasteiger partial charge in [0.2, 0.25) is 0 Å². The Kier molecular flexibility index (Phi) is 3.96. The van der Waals surface area contributed by atoms with Crippen LogP contribution >= 0.6 is 0 Å². The van der Waals surface area contributed by atoms with Crippen LogP contribution in [0.4, 0.5) is 0 Å². The van der Waals surface area contributed by atoms with E-state index in [1.807, 2.05) is 37.3 Å². The molecule has 22 heavy (non-hydrogen) atoms. The number of benzene rings is 1. The van der Waals surface area contributed by atoms with Gasteiger partial charge in [-0.25, -0.2) is 4.68 Å². The lowest BCUT2D eigenvalue weighted by atomic mass is 10.2. The molecule has 1 amide bonds.